The smallest absolute Gasteiger partial charge is 0.223 e. The van der Waals surface area contributed by atoms with Crippen molar-refractivity contribution >= 4 is 16.8 Å². The van der Waals surface area contributed by atoms with Crippen LogP contribution in [0.3, 0.4) is 0 Å². The van der Waals surface area contributed by atoms with Gasteiger partial charge in [-0.15, -0.1) is 0 Å². The molecule has 118 valence electrons. The SMILES string of the molecule is O=C1CCCC2Cc3nc4ccccc4cc3CC23CCCN13. The fourth-order valence-corrected chi connectivity index (χ4v) is 5.31. The molecular formula is C20H22N2O. The zero-order valence-electron chi connectivity index (χ0n) is 13.4. The van der Waals surface area contributed by atoms with Crippen LogP contribution in [0.2, 0.25) is 0 Å². The van der Waals surface area contributed by atoms with Gasteiger partial charge >= 0.3 is 0 Å². The van der Waals surface area contributed by atoms with Crippen molar-refractivity contribution in [2.45, 2.75) is 50.5 Å². The first-order valence-corrected chi connectivity index (χ1v) is 8.94. The highest BCUT2D eigenvalue weighted by molar-refractivity contribution is 5.80. The first-order valence-electron chi connectivity index (χ1n) is 8.94. The van der Waals surface area contributed by atoms with Crippen LogP contribution in [0, 0.1) is 5.92 Å². The number of benzene rings is 1. The maximum atomic E-state index is 12.6. The Bertz CT molecular complexity index is 799. The molecule has 1 aromatic carbocycles. The fraction of sp³-hybridized carbons (Fsp3) is 0.500. The second kappa shape index (κ2) is 4.80. The number of rotatable bonds is 0. The molecule has 3 heteroatoms. The maximum Gasteiger partial charge on any atom is 0.223 e. The molecule has 3 heterocycles. The summed E-state index contributed by atoms with van der Waals surface area (Å²) in [5, 5.41) is 1.23. The van der Waals surface area contributed by atoms with E-state index in [-0.39, 0.29) is 5.54 Å². The summed E-state index contributed by atoms with van der Waals surface area (Å²) >= 11 is 0. The molecule has 1 aromatic heterocycles. The van der Waals surface area contributed by atoms with Crippen LogP contribution in [0.4, 0.5) is 0 Å². The summed E-state index contributed by atoms with van der Waals surface area (Å²) in [6.45, 7) is 0.964. The van der Waals surface area contributed by atoms with Gasteiger partial charge in [0.25, 0.3) is 0 Å². The molecule has 3 nitrogen and oxygen atoms in total. The quantitative estimate of drug-likeness (QED) is 0.746. The largest absolute Gasteiger partial charge is 0.336 e. The number of amides is 1. The van der Waals surface area contributed by atoms with Crippen LogP contribution in [0.5, 0.6) is 0 Å². The molecule has 2 aliphatic heterocycles. The third-order valence-corrected chi connectivity index (χ3v) is 6.36. The van der Waals surface area contributed by atoms with Crippen molar-refractivity contribution < 1.29 is 4.79 Å². The highest BCUT2D eigenvalue weighted by Crippen LogP contribution is 2.48. The molecule has 2 atom stereocenters. The average molecular weight is 306 g/mol. The second-order valence-electron chi connectivity index (χ2n) is 7.51. The Morgan fingerprint density at radius 3 is 3.09 bits per heavy atom. The number of aromatic nitrogens is 1. The van der Waals surface area contributed by atoms with Crippen LogP contribution < -0.4 is 0 Å². The number of carbonyl (C=O) groups excluding carboxylic acids is 1. The molecule has 1 amide bonds. The van der Waals surface area contributed by atoms with Crippen LogP contribution in [0.1, 0.15) is 43.4 Å². The summed E-state index contributed by atoms with van der Waals surface area (Å²) < 4.78 is 0. The molecule has 2 aromatic rings. The number of hydrogen-bond acceptors (Lipinski definition) is 2. The lowest BCUT2D eigenvalue weighted by atomic mass is 9.69. The normalized spacial score (nSPS) is 29.8. The lowest BCUT2D eigenvalue weighted by Crippen LogP contribution is -2.55. The summed E-state index contributed by atoms with van der Waals surface area (Å²) in [4.78, 5) is 19.8. The minimum atomic E-state index is 0.0880. The van der Waals surface area contributed by atoms with Crippen molar-refractivity contribution in [2.75, 3.05) is 6.54 Å². The van der Waals surface area contributed by atoms with Crippen molar-refractivity contribution in [3.05, 3.63) is 41.6 Å². The van der Waals surface area contributed by atoms with E-state index in [0.717, 1.165) is 37.7 Å². The zero-order chi connectivity index (χ0) is 15.4. The molecule has 0 N–H and O–H groups in total. The monoisotopic (exact) mass is 306 g/mol. The number of para-hydroxylation sites is 1. The van der Waals surface area contributed by atoms with Crippen molar-refractivity contribution in [1.82, 2.24) is 9.88 Å². The predicted molar refractivity (Wildman–Crippen MR) is 90.2 cm³/mol. The Hall–Kier alpha value is -1.90. The molecule has 0 radical (unpaired) electrons. The molecule has 2 saturated heterocycles. The van der Waals surface area contributed by atoms with Crippen molar-refractivity contribution in [2.24, 2.45) is 5.92 Å². The molecule has 3 aliphatic rings. The van der Waals surface area contributed by atoms with E-state index in [9.17, 15) is 4.79 Å². The lowest BCUT2D eigenvalue weighted by Gasteiger charge is -2.46. The van der Waals surface area contributed by atoms with Gasteiger partial charge in [0.1, 0.15) is 0 Å². The van der Waals surface area contributed by atoms with E-state index in [1.165, 1.54) is 35.9 Å². The Kier molecular flexibility index (Phi) is 2.82. The van der Waals surface area contributed by atoms with Crippen molar-refractivity contribution in [3.8, 4) is 0 Å². The predicted octanol–water partition coefficient (Wildman–Crippen LogP) is 3.49. The fourth-order valence-electron chi connectivity index (χ4n) is 5.31. The van der Waals surface area contributed by atoms with Gasteiger partial charge in [0, 0.05) is 24.0 Å². The Labute approximate surface area is 136 Å². The van der Waals surface area contributed by atoms with E-state index in [0.29, 0.717) is 11.8 Å². The van der Waals surface area contributed by atoms with Gasteiger partial charge in [0.05, 0.1) is 11.1 Å². The van der Waals surface area contributed by atoms with Crippen LogP contribution in [0.15, 0.2) is 30.3 Å². The molecule has 1 aliphatic carbocycles. The molecular weight excluding hydrogens is 284 g/mol. The van der Waals surface area contributed by atoms with Gasteiger partial charge < -0.3 is 4.90 Å². The lowest BCUT2D eigenvalue weighted by molar-refractivity contribution is -0.136. The standard InChI is InChI=1S/C20H22N2O/c23-19-8-3-6-16-12-18-15(13-20(16)9-4-10-22(19)20)11-14-5-1-2-7-17(14)21-18/h1-2,5,7,11,16H,3-4,6,8-10,12-13H2. The van der Waals surface area contributed by atoms with E-state index < -0.39 is 0 Å². The topological polar surface area (TPSA) is 33.2 Å². The van der Waals surface area contributed by atoms with Crippen molar-refractivity contribution in [3.63, 3.8) is 0 Å². The summed E-state index contributed by atoms with van der Waals surface area (Å²) in [5.74, 6) is 0.986. The third kappa shape index (κ3) is 1.89. The van der Waals surface area contributed by atoms with Gasteiger partial charge in [-0.25, -0.2) is 0 Å². The third-order valence-electron chi connectivity index (χ3n) is 6.36. The summed E-state index contributed by atoms with van der Waals surface area (Å²) in [6.07, 6.45) is 7.36. The van der Waals surface area contributed by atoms with E-state index in [4.69, 9.17) is 4.98 Å². The van der Waals surface area contributed by atoms with Gasteiger partial charge in [-0.2, -0.15) is 0 Å². The number of fused-ring (bicyclic) bond motifs is 2. The number of hydrogen-bond donors (Lipinski definition) is 0. The van der Waals surface area contributed by atoms with E-state index in [2.05, 4.69) is 35.2 Å². The maximum absolute atomic E-state index is 12.6. The van der Waals surface area contributed by atoms with Crippen LogP contribution in [0.25, 0.3) is 10.9 Å². The molecule has 5 rings (SSSR count). The molecule has 2 unspecified atom stereocenters. The van der Waals surface area contributed by atoms with Crippen LogP contribution in [-0.4, -0.2) is 27.9 Å². The Morgan fingerprint density at radius 2 is 2.13 bits per heavy atom. The first-order chi connectivity index (χ1) is 11.3. The molecule has 2 fully saturated rings. The van der Waals surface area contributed by atoms with Crippen LogP contribution >= 0.6 is 0 Å². The minimum Gasteiger partial charge on any atom is -0.336 e. The average Bonchev–Trinajstić information content (AvgIpc) is 2.92. The van der Waals surface area contributed by atoms with E-state index >= 15 is 0 Å². The minimum absolute atomic E-state index is 0.0880. The summed E-state index contributed by atoms with van der Waals surface area (Å²) in [5.41, 5.74) is 3.85. The van der Waals surface area contributed by atoms with Gasteiger partial charge in [-0.05, 0) is 62.1 Å². The molecule has 1 spiro atoms. The van der Waals surface area contributed by atoms with E-state index in [1.807, 2.05) is 0 Å². The van der Waals surface area contributed by atoms with Crippen LogP contribution in [-0.2, 0) is 17.6 Å². The first kappa shape index (κ1) is 13.5. The van der Waals surface area contributed by atoms with E-state index in [1.54, 1.807) is 0 Å². The number of carbonyl (C=O) groups is 1. The summed E-state index contributed by atoms with van der Waals surface area (Å²) in [6, 6.07) is 10.7. The molecule has 23 heavy (non-hydrogen) atoms. The highest BCUT2D eigenvalue weighted by Gasteiger charge is 2.52. The number of pyridine rings is 1. The Balaban J connectivity index is 1.65. The highest BCUT2D eigenvalue weighted by atomic mass is 16.2. The second-order valence-corrected chi connectivity index (χ2v) is 7.51. The zero-order valence-corrected chi connectivity index (χ0v) is 13.4. The molecule has 0 bridgehead atoms. The van der Waals surface area contributed by atoms with Gasteiger partial charge in [-0.3, -0.25) is 9.78 Å². The van der Waals surface area contributed by atoms with Gasteiger partial charge in [-0.1, -0.05) is 18.2 Å². The van der Waals surface area contributed by atoms with Gasteiger partial charge in [0.2, 0.25) is 5.91 Å². The Morgan fingerprint density at radius 1 is 1.22 bits per heavy atom. The van der Waals surface area contributed by atoms with Crippen molar-refractivity contribution in [1.29, 1.82) is 0 Å². The van der Waals surface area contributed by atoms with Gasteiger partial charge in [0.15, 0.2) is 0 Å². The number of nitrogens with zero attached hydrogens (tertiary/aromatic N) is 2. The molecule has 0 saturated carbocycles. The summed E-state index contributed by atoms with van der Waals surface area (Å²) in [7, 11) is 0.